The van der Waals surface area contributed by atoms with E-state index in [1.165, 1.54) is 22.3 Å². The largest absolute Gasteiger partial charge is 0.354 e. The number of rotatable bonds is 15. The minimum Gasteiger partial charge on any atom is -0.354 e. The number of likely N-dealkylation sites (N-methyl/N-ethyl adjacent to an activating group) is 2. The van der Waals surface area contributed by atoms with Gasteiger partial charge in [-0.05, 0) is 81.5 Å². The van der Waals surface area contributed by atoms with Crippen LogP contribution < -0.4 is 11.1 Å². The second-order valence-corrected chi connectivity index (χ2v) is 13.8. The zero-order chi connectivity index (χ0) is 34.7. The van der Waals surface area contributed by atoms with Crippen molar-refractivity contribution >= 4 is 17.7 Å². The van der Waals surface area contributed by atoms with Crippen molar-refractivity contribution in [2.75, 3.05) is 34.2 Å². The lowest BCUT2D eigenvalue weighted by atomic mass is 9.98. The van der Waals surface area contributed by atoms with Gasteiger partial charge in [0.1, 0.15) is 12.1 Å². The maximum atomic E-state index is 14.5. The quantitative estimate of drug-likeness (QED) is 0.224. The average molecular weight is 652 g/mol. The minimum absolute atomic E-state index is 0.194. The molecule has 0 spiro atoms. The first-order valence-corrected chi connectivity index (χ1v) is 17.1. The first-order chi connectivity index (χ1) is 22.9. The maximum Gasteiger partial charge on any atom is 0.246 e. The van der Waals surface area contributed by atoms with Gasteiger partial charge in [0.05, 0.1) is 0 Å². The van der Waals surface area contributed by atoms with Crippen molar-refractivity contribution in [3.8, 4) is 11.1 Å². The van der Waals surface area contributed by atoms with Gasteiger partial charge in [-0.15, -0.1) is 0 Å². The summed E-state index contributed by atoms with van der Waals surface area (Å²) in [6, 6.07) is 26.8. The highest BCUT2D eigenvalue weighted by Gasteiger charge is 2.35. The molecule has 1 unspecified atom stereocenters. The van der Waals surface area contributed by atoms with Crippen LogP contribution in [0.4, 0.5) is 0 Å². The Morgan fingerprint density at radius 3 is 2.06 bits per heavy atom. The Balaban J connectivity index is 1.58. The molecule has 0 saturated carbocycles. The molecule has 0 aromatic heterocycles. The molecular weight excluding hydrogens is 598 g/mol. The van der Waals surface area contributed by atoms with Crippen molar-refractivity contribution in [2.24, 2.45) is 5.73 Å². The number of carbonyl (C=O) groups excluding carboxylic acids is 3. The number of nitrogens with zero attached hydrogens (tertiary/aromatic N) is 3. The van der Waals surface area contributed by atoms with E-state index in [1.807, 2.05) is 86.6 Å². The van der Waals surface area contributed by atoms with Crippen LogP contribution in [0.3, 0.4) is 0 Å². The third-order valence-corrected chi connectivity index (χ3v) is 9.33. The molecule has 4 rings (SSSR count). The Kier molecular flexibility index (Phi) is 13.1. The van der Waals surface area contributed by atoms with Crippen LogP contribution in [0.5, 0.6) is 0 Å². The van der Waals surface area contributed by atoms with Crippen molar-refractivity contribution < 1.29 is 14.4 Å². The number of benzene rings is 3. The van der Waals surface area contributed by atoms with Gasteiger partial charge in [0.15, 0.2) is 0 Å². The van der Waals surface area contributed by atoms with Gasteiger partial charge >= 0.3 is 0 Å². The molecule has 3 N–H and O–H groups in total. The summed E-state index contributed by atoms with van der Waals surface area (Å²) < 4.78 is 0. The molecule has 8 heteroatoms. The molecule has 1 aliphatic rings. The predicted molar refractivity (Wildman–Crippen MR) is 194 cm³/mol. The van der Waals surface area contributed by atoms with E-state index in [-0.39, 0.29) is 17.7 Å². The third kappa shape index (κ3) is 10.6. The summed E-state index contributed by atoms with van der Waals surface area (Å²) in [6.07, 6.45) is 7.58. The van der Waals surface area contributed by atoms with E-state index < -0.39 is 17.6 Å². The van der Waals surface area contributed by atoms with Crippen LogP contribution in [0.2, 0.25) is 0 Å². The highest BCUT2D eigenvalue weighted by Crippen LogP contribution is 2.22. The monoisotopic (exact) mass is 651 g/mol. The van der Waals surface area contributed by atoms with Crippen LogP contribution in [0.15, 0.2) is 97.1 Å². The molecule has 8 nitrogen and oxygen atoms in total. The van der Waals surface area contributed by atoms with E-state index in [1.54, 1.807) is 20.2 Å². The van der Waals surface area contributed by atoms with Crippen molar-refractivity contribution in [1.29, 1.82) is 0 Å². The number of hydrogen-bond donors (Lipinski definition) is 2. The van der Waals surface area contributed by atoms with E-state index in [0.717, 1.165) is 41.6 Å². The fraction of sp³-hybridized carbons (Fsp3) is 0.425. The summed E-state index contributed by atoms with van der Waals surface area (Å²) in [4.78, 5) is 47.1. The topological polar surface area (TPSA) is 99.0 Å². The molecule has 256 valence electrons. The highest BCUT2D eigenvalue weighted by molar-refractivity contribution is 5.95. The molecule has 0 aliphatic carbocycles. The molecule has 3 aromatic rings. The summed E-state index contributed by atoms with van der Waals surface area (Å²) in [5.41, 5.74) is 9.71. The molecule has 48 heavy (non-hydrogen) atoms. The summed E-state index contributed by atoms with van der Waals surface area (Å²) in [6.45, 7) is 5.42. The Morgan fingerprint density at radius 2 is 1.46 bits per heavy atom. The highest BCUT2D eigenvalue weighted by atomic mass is 16.2. The van der Waals surface area contributed by atoms with Gasteiger partial charge < -0.3 is 25.8 Å². The van der Waals surface area contributed by atoms with Crippen LogP contribution in [-0.2, 0) is 27.2 Å². The summed E-state index contributed by atoms with van der Waals surface area (Å²) in [5.74, 6) is -0.783. The molecule has 0 radical (unpaired) electrons. The van der Waals surface area contributed by atoms with Gasteiger partial charge in [0.25, 0.3) is 0 Å². The van der Waals surface area contributed by atoms with Crippen LogP contribution in [0.1, 0.15) is 50.7 Å². The Bertz CT molecular complexity index is 1500. The van der Waals surface area contributed by atoms with Gasteiger partial charge in [0.2, 0.25) is 17.7 Å². The minimum atomic E-state index is -0.834. The van der Waals surface area contributed by atoms with E-state index in [9.17, 15) is 14.4 Å². The van der Waals surface area contributed by atoms with E-state index in [2.05, 4.69) is 29.4 Å². The van der Waals surface area contributed by atoms with Crippen LogP contribution in [0, 0.1) is 0 Å². The van der Waals surface area contributed by atoms with Crippen LogP contribution in [-0.4, -0.2) is 90.3 Å². The normalized spacial score (nSPS) is 16.4. The van der Waals surface area contributed by atoms with E-state index >= 15 is 0 Å². The zero-order valence-electron chi connectivity index (χ0n) is 29.3. The molecule has 3 aromatic carbocycles. The SMILES string of the molecule is CN1CCCC1CCNC(=O)[C@@H](Cc1ccccc1)N(C)C(=O)[C@@H](Cc1ccc(-c2ccccc2)cc1)N(C)C(=O)C=CCC(C)(C)N. The molecule has 1 saturated heterocycles. The standard InChI is InChI=1S/C40H53N5O3/c1-40(2,41)25-12-19-37(46)44(4)36(29-31-20-22-33(23-21-31)32-16-10-7-11-17-32)39(48)45(5)35(28-30-14-8-6-9-15-30)38(47)42-26-24-34-18-13-27-43(34)3/h6-12,14-17,19-23,34-36H,13,18,24-29,41H2,1-5H3,(H,42,47)/t34?,35-,36-/m1/s1. The number of likely N-dealkylation sites (tertiary alicyclic amines) is 1. The molecule has 1 fully saturated rings. The first-order valence-electron chi connectivity index (χ1n) is 17.1. The molecule has 3 atom stereocenters. The van der Waals surface area contributed by atoms with Gasteiger partial charge in [-0.2, -0.15) is 0 Å². The Labute approximate surface area is 287 Å². The second-order valence-electron chi connectivity index (χ2n) is 13.8. The number of nitrogens with two attached hydrogens (primary N) is 1. The maximum absolute atomic E-state index is 14.5. The lowest BCUT2D eigenvalue weighted by molar-refractivity contribution is -0.146. The number of hydrogen-bond acceptors (Lipinski definition) is 5. The second kappa shape index (κ2) is 17.2. The lowest BCUT2D eigenvalue weighted by Crippen LogP contribution is -2.56. The average Bonchev–Trinajstić information content (AvgIpc) is 3.49. The van der Waals surface area contributed by atoms with E-state index in [0.29, 0.717) is 31.8 Å². The molecule has 1 aliphatic heterocycles. The fourth-order valence-corrected chi connectivity index (χ4v) is 6.27. The van der Waals surface area contributed by atoms with Crippen molar-refractivity contribution in [1.82, 2.24) is 20.0 Å². The van der Waals surface area contributed by atoms with Crippen LogP contribution >= 0.6 is 0 Å². The van der Waals surface area contributed by atoms with Gasteiger partial charge in [-0.1, -0.05) is 91.0 Å². The number of nitrogens with one attached hydrogen (secondary N) is 1. The Hall–Kier alpha value is -4.27. The summed E-state index contributed by atoms with van der Waals surface area (Å²) in [5, 5.41) is 3.13. The zero-order valence-corrected chi connectivity index (χ0v) is 29.3. The van der Waals surface area contributed by atoms with Crippen molar-refractivity contribution in [2.45, 2.75) is 76.0 Å². The third-order valence-electron chi connectivity index (χ3n) is 9.33. The van der Waals surface area contributed by atoms with Gasteiger partial charge in [-0.25, -0.2) is 0 Å². The Morgan fingerprint density at radius 1 is 0.875 bits per heavy atom. The predicted octanol–water partition coefficient (Wildman–Crippen LogP) is 5.08. The molecule has 0 bridgehead atoms. The van der Waals surface area contributed by atoms with Gasteiger partial charge in [0, 0.05) is 45.1 Å². The molecule has 3 amide bonds. The first kappa shape index (κ1) is 36.6. The van der Waals surface area contributed by atoms with Crippen molar-refractivity contribution in [3.05, 3.63) is 108 Å². The van der Waals surface area contributed by atoms with E-state index in [4.69, 9.17) is 5.73 Å². The van der Waals surface area contributed by atoms with Crippen LogP contribution in [0.25, 0.3) is 11.1 Å². The smallest absolute Gasteiger partial charge is 0.246 e. The summed E-state index contributed by atoms with van der Waals surface area (Å²) in [7, 11) is 5.46. The number of carbonyl (C=O) groups is 3. The van der Waals surface area contributed by atoms with Gasteiger partial charge in [-0.3, -0.25) is 14.4 Å². The summed E-state index contributed by atoms with van der Waals surface area (Å²) >= 11 is 0. The van der Waals surface area contributed by atoms with Crippen molar-refractivity contribution in [3.63, 3.8) is 0 Å². The molecular formula is C40H53N5O3. The lowest BCUT2D eigenvalue weighted by Gasteiger charge is -2.34. The molecule has 1 heterocycles. The number of amides is 3. The fourth-order valence-electron chi connectivity index (χ4n) is 6.27.